The molecule has 2 N–H and O–H groups in total. The molecule has 0 aliphatic carbocycles. The lowest BCUT2D eigenvalue weighted by Gasteiger charge is -2.11. The Morgan fingerprint density at radius 2 is 2.00 bits per heavy atom. The maximum Gasteiger partial charge on any atom is 0.339 e. The van der Waals surface area contributed by atoms with Gasteiger partial charge < -0.3 is 19.9 Å². The highest BCUT2D eigenvalue weighted by Crippen LogP contribution is 2.21. The van der Waals surface area contributed by atoms with Crippen LogP contribution in [0.3, 0.4) is 0 Å². The molecule has 0 fully saturated rings. The fraction of sp³-hybridized carbons (Fsp3) is 0.200. The minimum absolute atomic E-state index is 0.253. The Bertz CT molecular complexity index is 1020. The lowest BCUT2D eigenvalue weighted by atomic mass is 10.1. The van der Waals surface area contributed by atoms with Crippen molar-refractivity contribution in [2.75, 3.05) is 11.9 Å². The second kappa shape index (κ2) is 9.49. The first-order valence-corrected chi connectivity index (χ1v) is 9.66. The fourth-order valence-corrected chi connectivity index (χ4v) is 2.83. The molecule has 0 saturated heterocycles. The van der Waals surface area contributed by atoms with Gasteiger partial charge in [-0.25, -0.2) is 4.79 Å². The number of aryl methyl sites for hydroxylation is 1. The molecule has 0 aliphatic heterocycles. The van der Waals surface area contributed by atoms with E-state index in [1.165, 1.54) is 0 Å². The second-order valence-electron chi connectivity index (χ2n) is 6.10. The standard InChI is InChI=1S/C20H19ClN4O3S/c1-3-27-19(26)15-10-14(8-9-16(15)21)23-20(29)22-11-17-24-18(25-28-17)13-6-4-12(2)5-7-13/h4-10H,3,11H2,1-2H3,(H2,22,23,29). The minimum atomic E-state index is -0.491. The third-order valence-electron chi connectivity index (χ3n) is 3.90. The topological polar surface area (TPSA) is 89.3 Å². The van der Waals surface area contributed by atoms with Gasteiger partial charge in [0.05, 0.1) is 23.7 Å². The largest absolute Gasteiger partial charge is 0.462 e. The summed E-state index contributed by atoms with van der Waals surface area (Å²) in [5, 5.41) is 10.6. The Labute approximate surface area is 178 Å². The molecule has 2 aromatic carbocycles. The number of thiocarbonyl (C=S) groups is 1. The van der Waals surface area contributed by atoms with E-state index in [1.54, 1.807) is 25.1 Å². The molecule has 3 aromatic rings. The molecule has 3 rings (SSSR count). The number of ether oxygens (including phenoxy) is 1. The molecule has 0 saturated carbocycles. The number of nitrogens with one attached hydrogen (secondary N) is 2. The van der Waals surface area contributed by atoms with E-state index in [-0.39, 0.29) is 18.7 Å². The predicted octanol–water partition coefficient (Wildman–Crippen LogP) is 4.36. The van der Waals surface area contributed by atoms with Crippen molar-refractivity contribution in [1.29, 1.82) is 0 Å². The van der Waals surface area contributed by atoms with Crippen LogP contribution in [-0.4, -0.2) is 27.8 Å². The average Bonchev–Trinajstić information content (AvgIpc) is 3.17. The van der Waals surface area contributed by atoms with Crippen molar-refractivity contribution in [2.45, 2.75) is 20.4 Å². The van der Waals surface area contributed by atoms with Gasteiger partial charge in [0.15, 0.2) is 5.11 Å². The van der Waals surface area contributed by atoms with Gasteiger partial charge in [0.25, 0.3) is 0 Å². The molecule has 0 spiro atoms. The van der Waals surface area contributed by atoms with E-state index >= 15 is 0 Å². The predicted molar refractivity (Wildman–Crippen MR) is 115 cm³/mol. The third kappa shape index (κ3) is 5.52. The Balaban J connectivity index is 1.58. The zero-order chi connectivity index (χ0) is 20.8. The molecule has 9 heteroatoms. The van der Waals surface area contributed by atoms with E-state index in [0.717, 1.165) is 11.1 Å². The lowest BCUT2D eigenvalue weighted by molar-refractivity contribution is 0.0526. The minimum Gasteiger partial charge on any atom is -0.462 e. The summed E-state index contributed by atoms with van der Waals surface area (Å²) in [7, 11) is 0. The Morgan fingerprint density at radius 3 is 2.72 bits per heavy atom. The number of nitrogens with zero attached hydrogens (tertiary/aromatic N) is 2. The van der Waals surface area contributed by atoms with Crippen molar-refractivity contribution in [3.8, 4) is 11.4 Å². The Hall–Kier alpha value is -2.97. The summed E-state index contributed by atoms with van der Waals surface area (Å²) in [6.07, 6.45) is 0. The van der Waals surface area contributed by atoms with Crippen molar-refractivity contribution in [2.24, 2.45) is 0 Å². The van der Waals surface area contributed by atoms with Crippen LogP contribution in [-0.2, 0) is 11.3 Å². The number of hydrogen-bond acceptors (Lipinski definition) is 6. The van der Waals surface area contributed by atoms with Gasteiger partial charge in [-0.15, -0.1) is 0 Å². The van der Waals surface area contributed by atoms with Crippen LogP contribution in [0.15, 0.2) is 47.0 Å². The number of anilines is 1. The SMILES string of the molecule is CCOC(=O)c1cc(NC(=S)NCc2nc(-c3ccc(C)cc3)no2)ccc1Cl. The van der Waals surface area contributed by atoms with E-state index in [9.17, 15) is 4.79 Å². The van der Waals surface area contributed by atoms with Gasteiger partial charge in [-0.1, -0.05) is 46.6 Å². The van der Waals surface area contributed by atoms with Crippen molar-refractivity contribution >= 4 is 40.6 Å². The quantitative estimate of drug-likeness (QED) is 0.440. The first-order chi connectivity index (χ1) is 14.0. The molecule has 0 unspecified atom stereocenters. The normalized spacial score (nSPS) is 10.4. The lowest BCUT2D eigenvalue weighted by Crippen LogP contribution is -2.28. The van der Waals surface area contributed by atoms with Crippen molar-refractivity contribution < 1.29 is 14.1 Å². The summed E-state index contributed by atoms with van der Waals surface area (Å²) >= 11 is 11.3. The van der Waals surface area contributed by atoms with Crippen LogP contribution in [0, 0.1) is 6.92 Å². The highest BCUT2D eigenvalue weighted by atomic mass is 35.5. The van der Waals surface area contributed by atoms with E-state index in [0.29, 0.717) is 27.5 Å². The van der Waals surface area contributed by atoms with Gasteiger partial charge in [0.2, 0.25) is 11.7 Å². The Morgan fingerprint density at radius 1 is 1.24 bits per heavy atom. The number of carbonyl (C=O) groups excluding carboxylic acids is 1. The first-order valence-electron chi connectivity index (χ1n) is 8.87. The van der Waals surface area contributed by atoms with Crippen molar-refractivity contribution in [1.82, 2.24) is 15.5 Å². The number of aromatic nitrogens is 2. The molecule has 0 atom stereocenters. The van der Waals surface area contributed by atoms with Crippen LogP contribution in [0.25, 0.3) is 11.4 Å². The fourth-order valence-electron chi connectivity index (χ4n) is 2.45. The van der Waals surface area contributed by atoms with Gasteiger partial charge in [0.1, 0.15) is 0 Å². The second-order valence-corrected chi connectivity index (χ2v) is 6.92. The van der Waals surface area contributed by atoms with Crippen molar-refractivity contribution in [3.63, 3.8) is 0 Å². The van der Waals surface area contributed by atoms with Gasteiger partial charge in [0, 0.05) is 11.3 Å². The van der Waals surface area contributed by atoms with E-state index < -0.39 is 5.97 Å². The van der Waals surface area contributed by atoms with E-state index in [2.05, 4.69) is 20.8 Å². The number of esters is 1. The molecule has 0 bridgehead atoms. The van der Waals surface area contributed by atoms with Gasteiger partial charge in [-0.3, -0.25) is 0 Å². The van der Waals surface area contributed by atoms with Crippen LogP contribution >= 0.6 is 23.8 Å². The summed E-state index contributed by atoms with van der Waals surface area (Å²) in [6.45, 7) is 4.26. The highest BCUT2D eigenvalue weighted by Gasteiger charge is 2.13. The number of carbonyl (C=O) groups is 1. The zero-order valence-corrected chi connectivity index (χ0v) is 17.4. The third-order valence-corrected chi connectivity index (χ3v) is 4.47. The molecule has 7 nitrogen and oxygen atoms in total. The first kappa shape index (κ1) is 20.8. The number of hydrogen-bond donors (Lipinski definition) is 2. The molecule has 1 aromatic heterocycles. The smallest absolute Gasteiger partial charge is 0.339 e. The Kier molecular flexibility index (Phi) is 6.79. The summed E-state index contributed by atoms with van der Waals surface area (Å²) in [5.41, 5.74) is 2.89. The molecule has 0 radical (unpaired) electrons. The molecule has 29 heavy (non-hydrogen) atoms. The monoisotopic (exact) mass is 430 g/mol. The summed E-state index contributed by atoms with van der Waals surface area (Å²) in [6, 6.07) is 12.7. The van der Waals surface area contributed by atoms with Crippen molar-refractivity contribution in [3.05, 3.63) is 64.5 Å². The molecule has 0 amide bonds. The molecule has 0 aliphatic rings. The number of rotatable bonds is 6. The van der Waals surface area contributed by atoms with Crippen LogP contribution in [0.1, 0.15) is 28.7 Å². The van der Waals surface area contributed by atoms with Gasteiger partial charge >= 0.3 is 5.97 Å². The molecular formula is C20H19ClN4O3S. The van der Waals surface area contributed by atoms with Gasteiger partial charge in [-0.05, 0) is 44.3 Å². The summed E-state index contributed by atoms with van der Waals surface area (Å²) in [4.78, 5) is 16.3. The average molecular weight is 431 g/mol. The van der Waals surface area contributed by atoms with E-state index in [4.69, 9.17) is 33.1 Å². The molecule has 1 heterocycles. The maximum absolute atomic E-state index is 11.9. The number of benzene rings is 2. The summed E-state index contributed by atoms with van der Waals surface area (Å²) < 4.78 is 10.2. The van der Waals surface area contributed by atoms with Gasteiger partial charge in [-0.2, -0.15) is 4.98 Å². The molecular weight excluding hydrogens is 412 g/mol. The van der Waals surface area contributed by atoms with Crippen LogP contribution < -0.4 is 10.6 Å². The molecule has 150 valence electrons. The number of halogens is 1. The van der Waals surface area contributed by atoms with Crippen LogP contribution in [0.2, 0.25) is 5.02 Å². The highest BCUT2D eigenvalue weighted by molar-refractivity contribution is 7.80. The van der Waals surface area contributed by atoms with Crippen LogP contribution in [0.4, 0.5) is 5.69 Å². The van der Waals surface area contributed by atoms with E-state index in [1.807, 2.05) is 31.2 Å². The van der Waals surface area contributed by atoms with Crippen LogP contribution in [0.5, 0.6) is 0 Å². The maximum atomic E-state index is 11.9. The summed E-state index contributed by atoms with van der Waals surface area (Å²) in [5.74, 6) is 0.417. The zero-order valence-electron chi connectivity index (χ0n) is 15.9.